The van der Waals surface area contributed by atoms with E-state index in [1.807, 2.05) is 54.7 Å². The second-order valence-corrected chi connectivity index (χ2v) is 10.5. The van der Waals surface area contributed by atoms with Crippen molar-refractivity contribution in [2.24, 2.45) is 5.92 Å². The fourth-order valence-electron chi connectivity index (χ4n) is 5.08. The number of H-pyrrole nitrogens is 1. The number of nitrogens with one attached hydrogen (secondary N) is 4. The molecule has 0 bridgehead atoms. The largest absolute Gasteiger partial charge is 0.508 e. The van der Waals surface area contributed by atoms with Gasteiger partial charge in [-0.15, -0.1) is 0 Å². The lowest BCUT2D eigenvalue weighted by Gasteiger charge is -2.22. The molecule has 1 heterocycles. The fraction of sp³-hybridized carbons (Fsp3) is 0.303. The van der Waals surface area contributed by atoms with Crippen LogP contribution in [0.5, 0.6) is 11.5 Å². The predicted octanol–water partition coefficient (Wildman–Crippen LogP) is 3.80. The van der Waals surface area contributed by atoms with E-state index in [-0.39, 0.29) is 24.5 Å². The number of carbonyl (C=O) groups excluding carboxylic acids is 3. The minimum absolute atomic E-state index is 0.169. The molecule has 0 aliphatic rings. The summed E-state index contributed by atoms with van der Waals surface area (Å²) >= 11 is 0. The molecule has 0 radical (unpaired) electrons. The fourth-order valence-corrected chi connectivity index (χ4v) is 5.08. The Bertz CT molecular complexity index is 1500. The second kappa shape index (κ2) is 15.4. The number of hydroxylamine groups is 1. The van der Waals surface area contributed by atoms with Gasteiger partial charge in [0.05, 0.1) is 7.11 Å². The standard InChI is InChI=1S/C33H38N4O6/c1-43-27-15-11-22(12-16-27)5-4-6-24(20-31(39)37-42)32(40)36-30(19-25-21-35-29-8-3-2-7-28(25)29)33(41)34-18-17-23-9-13-26(38)14-10-23/h2-3,7-16,21,24,30,35,38,42H,4-6,17-20H2,1H3,(H,34,41)(H,36,40)(H,37,39)/t24-,30+/m0/s1. The summed E-state index contributed by atoms with van der Waals surface area (Å²) < 4.78 is 5.20. The van der Waals surface area contributed by atoms with Crippen LogP contribution in [0.1, 0.15) is 36.0 Å². The third-order valence-corrected chi connectivity index (χ3v) is 7.49. The Balaban J connectivity index is 1.45. The highest BCUT2D eigenvalue weighted by Crippen LogP contribution is 2.21. The minimum Gasteiger partial charge on any atom is -0.508 e. The Morgan fingerprint density at radius 3 is 2.33 bits per heavy atom. The van der Waals surface area contributed by atoms with Crippen LogP contribution in [0.4, 0.5) is 0 Å². The molecule has 10 heteroatoms. The quantitative estimate of drug-likeness (QED) is 0.0921. The van der Waals surface area contributed by atoms with Gasteiger partial charge in [-0.05, 0) is 72.7 Å². The summed E-state index contributed by atoms with van der Waals surface area (Å²) in [5.41, 5.74) is 5.43. The van der Waals surface area contributed by atoms with Gasteiger partial charge in [0.25, 0.3) is 0 Å². The summed E-state index contributed by atoms with van der Waals surface area (Å²) in [4.78, 5) is 42.3. The molecular formula is C33H38N4O6. The number of aromatic amines is 1. The third kappa shape index (κ3) is 9.08. The number of carbonyl (C=O) groups is 3. The number of hydrogen-bond acceptors (Lipinski definition) is 6. The summed E-state index contributed by atoms with van der Waals surface area (Å²) in [6.07, 6.45) is 4.09. The Hall–Kier alpha value is -4.83. The molecule has 0 saturated carbocycles. The van der Waals surface area contributed by atoms with E-state index in [0.29, 0.717) is 32.2 Å². The van der Waals surface area contributed by atoms with Crippen molar-refractivity contribution < 1.29 is 29.4 Å². The zero-order valence-corrected chi connectivity index (χ0v) is 24.1. The molecule has 6 N–H and O–H groups in total. The van der Waals surface area contributed by atoms with Gasteiger partial charge in [0, 0.05) is 42.4 Å². The van der Waals surface area contributed by atoms with E-state index in [2.05, 4.69) is 15.6 Å². The number of phenols is 1. The van der Waals surface area contributed by atoms with E-state index < -0.39 is 23.8 Å². The van der Waals surface area contributed by atoms with Crippen LogP contribution in [0.2, 0.25) is 0 Å². The van der Waals surface area contributed by atoms with E-state index in [4.69, 9.17) is 9.94 Å². The SMILES string of the molecule is COc1ccc(CCC[C@@H](CC(=O)NO)C(=O)N[C@H](Cc2c[nH]c3ccccc23)C(=O)NCCc2ccc(O)cc2)cc1. The molecule has 4 aromatic rings. The molecule has 0 spiro atoms. The van der Waals surface area contributed by atoms with Crippen molar-refractivity contribution in [3.05, 3.63) is 95.7 Å². The molecule has 10 nitrogen and oxygen atoms in total. The van der Waals surface area contributed by atoms with Crippen LogP contribution in [0.25, 0.3) is 10.9 Å². The number of fused-ring (bicyclic) bond motifs is 1. The Kier molecular flexibility index (Phi) is 11.2. The average molecular weight is 587 g/mol. The van der Waals surface area contributed by atoms with Gasteiger partial charge in [0.2, 0.25) is 17.7 Å². The number of hydrogen-bond donors (Lipinski definition) is 6. The summed E-state index contributed by atoms with van der Waals surface area (Å²) in [6.45, 7) is 0.335. The van der Waals surface area contributed by atoms with Crippen molar-refractivity contribution in [3.8, 4) is 11.5 Å². The molecule has 0 unspecified atom stereocenters. The van der Waals surface area contributed by atoms with Gasteiger partial charge < -0.3 is 25.5 Å². The topological polar surface area (TPSA) is 153 Å². The van der Waals surface area contributed by atoms with E-state index in [1.165, 1.54) is 0 Å². The van der Waals surface area contributed by atoms with Crippen molar-refractivity contribution in [1.29, 1.82) is 0 Å². The highest BCUT2D eigenvalue weighted by molar-refractivity contribution is 5.91. The van der Waals surface area contributed by atoms with Gasteiger partial charge in [-0.25, -0.2) is 5.48 Å². The van der Waals surface area contributed by atoms with Crippen LogP contribution in [0.15, 0.2) is 79.0 Å². The van der Waals surface area contributed by atoms with Crippen molar-refractivity contribution in [3.63, 3.8) is 0 Å². The molecule has 0 saturated heterocycles. The number of phenolic OH excluding ortho intramolecular Hbond substituents is 1. The van der Waals surface area contributed by atoms with E-state index in [9.17, 15) is 19.5 Å². The zero-order valence-electron chi connectivity index (χ0n) is 24.1. The average Bonchev–Trinajstić information content (AvgIpc) is 3.44. The van der Waals surface area contributed by atoms with Gasteiger partial charge in [0.1, 0.15) is 17.5 Å². The number of ether oxygens (including phenoxy) is 1. The minimum atomic E-state index is -0.896. The normalized spacial score (nSPS) is 12.3. The predicted molar refractivity (Wildman–Crippen MR) is 163 cm³/mol. The number of aromatic hydroxyl groups is 1. The van der Waals surface area contributed by atoms with Gasteiger partial charge in [0.15, 0.2) is 0 Å². The second-order valence-electron chi connectivity index (χ2n) is 10.5. The number of methoxy groups -OCH3 is 1. The molecule has 0 fully saturated rings. The third-order valence-electron chi connectivity index (χ3n) is 7.49. The van der Waals surface area contributed by atoms with Crippen LogP contribution >= 0.6 is 0 Å². The number of rotatable bonds is 15. The molecule has 226 valence electrons. The van der Waals surface area contributed by atoms with Crippen molar-refractivity contribution in [1.82, 2.24) is 21.1 Å². The molecular weight excluding hydrogens is 548 g/mol. The van der Waals surface area contributed by atoms with Crippen molar-refractivity contribution in [2.75, 3.05) is 13.7 Å². The number of aryl methyl sites for hydroxylation is 1. The maximum absolute atomic E-state index is 13.6. The number of benzene rings is 3. The molecule has 3 amide bonds. The first kappa shape index (κ1) is 31.1. The lowest BCUT2D eigenvalue weighted by atomic mass is 9.94. The first-order valence-electron chi connectivity index (χ1n) is 14.3. The van der Waals surface area contributed by atoms with Crippen LogP contribution in [-0.2, 0) is 33.6 Å². The van der Waals surface area contributed by atoms with Crippen LogP contribution in [0, 0.1) is 5.92 Å². The number of amides is 3. The lowest BCUT2D eigenvalue weighted by molar-refractivity contribution is -0.136. The van der Waals surface area contributed by atoms with Crippen LogP contribution < -0.4 is 20.9 Å². The zero-order chi connectivity index (χ0) is 30.6. The maximum Gasteiger partial charge on any atom is 0.244 e. The van der Waals surface area contributed by atoms with E-state index in [0.717, 1.165) is 33.3 Å². The molecule has 0 aliphatic heterocycles. The van der Waals surface area contributed by atoms with Gasteiger partial charge in [-0.2, -0.15) is 0 Å². The highest BCUT2D eigenvalue weighted by atomic mass is 16.5. The smallest absolute Gasteiger partial charge is 0.244 e. The summed E-state index contributed by atoms with van der Waals surface area (Å²) in [5, 5.41) is 25.4. The summed E-state index contributed by atoms with van der Waals surface area (Å²) in [6, 6.07) is 21.2. The molecule has 1 aromatic heterocycles. The Morgan fingerprint density at radius 2 is 1.60 bits per heavy atom. The van der Waals surface area contributed by atoms with E-state index >= 15 is 0 Å². The first-order valence-corrected chi connectivity index (χ1v) is 14.3. The van der Waals surface area contributed by atoms with Gasteiger partial charge in [-0.1, -0.05) is 42.5 Å². The van der Waals surface area contributed by atoms with Crippen molar-refractivity contribution >= 4 is 28.6 Å². The monoisotopic (exact) mass is 586 g/mol. The van der Waals surface area contributed by atoms with Gasteiger partial charge >= 0.3 is 0 Å². The van der Waals surface area contributed by atoms with E-state index in [1.54, 1.807) is 36.9 Å². The lowest BCUT2D eigenvalue weighted by Crippen LogP contribution is -2.50. The number of aromatic nitrogens is 1. The highest BCUT2D eigenvalue weighted by Gasteiger charge is 2.28. The Labute approximate surface area is 250 Å². The van der Waals surface area contributed by atoms with Crippen LogP contribution in [-0.4, -0.2) is 52.7 Å². The Morgan fingerprint density at radius 1 is 0.907 bits per heavy atom. The molecule has 43 heavy (non-hydrogen) atoms. The van der Waals surface area contributed by atoms with Gasteiger partial charge in [-0.3, -0.25) is 19.6 Å². The molecule has 2 atom stereocenters. The summed E-state index contributed by atoms with van der Waals surface area (Å²) in [5.74, 6) is -1.28. The van der Waals surface area contributed by atoms with Crippen LogP contribution in [0.3, 0.4) is 0 Å². The van der Waals surface area contributed by atoms with Crippen molar-refractivity contribution in [2.45, 2.75) is 44.6 Å². The molecule has 4 rings (SSSR count). The summed E-state index contributed by atoms with van der Waals surface area (Å²) in [7, 11) is 1.60. The number of para-hydroxylation sites is 1. The molecule has 0 aliphatic carbocycles. The maximum atomic E-state index is 13.6. The molecule has 3 aromatic carbocycles. The first-order chi connectivity index (χ1) is 20.9.